The molecule has 0 aliphatic heterocycles. The number of ether oxygens (including phenoxy) is 1. The Balaban J connectivity index is 2.21. The van der Waals surface area contributed by atoms with Crippen LogP contribution >= 0.6 is 15.9 Å². The first kappa shape index (κ1) is 15.9. The van der Waals surface area contributed by atoms with Crippen molar-refractivity contribution >= 4 is 15.9 Å². The highest BCUT2D eigenvalue weighted by Crippen LogP contribution is 2.29. The van der Waals surface area contributed by atoms with E-state index in [1.54, 1.807) is 12.1 Å². The highest BCUT2D eigenvalue weighted by Gasteiger charge is 2.13. The number of hydrogen-bond acceptors (Lipinski definition) is 3. The van der Waals surface area contributed by atoms with Gasteiger partial charge in [0.15, 0.2) is 11.6 Å². The molecular weight excluding hydrogens is 342 g/mol. The third-order valence-corrected chi connectivity index (χ3v) is 3.52. The Hall–Kier alpha value is -1.53. The van der Waals surface area contributed by atoms with E-state index in [2.05, 4.69) is 26.2 Å². The lowest BCUT2D eigenvalue weighted by Crippen LogP contribution is -2.16. The lowest BCUT2D eigenvalue weighted by Gasteiger charge is -2.13. The summed E-state index contributed by atoms with van der Waals surface area (Å²) >= 11 is 3.10. The maximum atomic E-state index is 13.6. The van der Waals surface area contributed by atoms with E-state index < -0.39 is 11.6 Å². The van der Waals surface area contributed by atoms with Gasteiger partial charge >= 0.3 is 0 Å². The zero-order chi connectivity index (χ0) is 15.4. The van der Waals surface area contributed by atoms with Crippen LogP contribution in [0.3, 0.4) is 0 Å². The van der Waals surface area contributed by atoms with Gasteiger partial charge in [0.05, 0.1) is 11.9 Å². The van der Waals surface area contributed by atoms with Crippen molar-refractivity contribution in [3.05, 3.63) is 52.3 Å². The topological polar surface area (TPSA) is 34.1 Å². The van der Waals surface area contributed by atoms with E-state index in [-0.39, 0.29) is 11.8 Å². The fraction of sp³-hybridized carbons (Fsp3) is 0.267. The smallest absolute Gasteiger partial charge is 0.201 e. The Morgan fingerprint density at radius 3 is 2.67 bits per heavy atom. The van der Waals surface area contributed by atoms with E-state index in [1.807, 2.05) is 14.0 Å². The third kappa shape index (κ3) is 3.77. The number of hydrogen-bond donors (Lipinski definition) is 1. The van der Waals surface area contributed by atoms with E-state index in [0.29, 0.717) is 10.2 Å². The van der Waals surface area contributed by atoms with E-state index in [4.69, 9.17) is 4.74 Å². The van der Waals surface area contributed by atoms with Gasteiger partial charge in [-0.15, -0.1) is 0 Å². The molecule has 6 heteroatoms. The molecule has 1 aromatic heterocycles. The SMILES string of the molecule is CCC(NC)c1ccc(Oc2cc(Br)cc(F)c2F)cn1. The molecule has 0 amide bonds. The van der Waals surface area contributed by atoms with Gasteiger partial charge < -0.3 is 10.1 Å². The van der Waals surface area contributed by atoms with Gasteiger partial charge in [-0.05, 0) is 37.7 Å². The quantitative estimate of drug-likeness (QED) is 0.795. The summed E-state index contributed by atoms with van der Waals surface area (Å²) in [4.78, 5) is 4.28. The highest BCUT2D eigenvalue weighted by atomic mass is 79.9. The van der Waals surface area contributed by atoms with Crippen LogP contribution in [-0.4, -0.2) is 12.0 Å². The van der Waals surface area contributed by atoms with Gasteiger partial charge in [-0.1, -0.05) is 22.9 Å². The zero-order valence-corrected chi connectivity index (χ0v) is 13.2. The lowest BCUT2D eigenvalue weighted by atomic mass is 10.1. The Labute approximate surface area is 130 Å². The molecule has 0 aliphatic rings. The maximum Gasteiger partial charge on any atom is 0.201 e. The van der Waals surface area contributed by atoms with Gasteiger partial charge in [-0.3, -0.25) is 4.98 Å². The summed E-state index contributed by atoms with van der Waals surface area (Å²) in [6.45, 7) is 2.05. The minimum atomic E-state index is -1.02. The predicted octanol–water partition coefficient (Wildman–Crippen LogP) is 4.59. The second kappa shape index (κ2) is 6.95. The standard InChI is InChI=1S/C15H15BrF2N2O/c1-3-12(19-2)13-5-4-10(8-20-13)21-14-7-9(16)6-11(17)15(14)18/h4-8,12,19H,3H2,1-2H3. The Morgan fingerprint density at radius 2 is 2.10 bits per heavy atom. The second-order valence-electron chi connectivity index (χ2n) is 4.47. The second-order valence-corrected chi connectivity index (χ2v) is 5.39. The number of halogens is 3. The molecule has 2 rings (SSSR count). The van der Waals surface area contributed by atoms with E-state index in [0.717, 1.165) is 18.2 Å². The number of aromatic nitrogens is 1. The fourth-order valence-corrected chi connectivity index (χ4v) is 2.36. The Bertz CT molecular complexity index is 616. The van der Waals surface area contributed by atoms with Crippen LogP contribution in [0.15, 0.2) is 34.9 Å². The van der Waals surface area contributed by atoms with Crippen LogP contribution in [0.1, 0.15) is 25.1 Å². The summed E-state index contributed by atoms with van der Waals surface area (Å²) in [5, 5.41) is 3.14. The Morgan fingerprint density at radius 1 is 1.33 bits per heavy atom. The molecule has 2 aromatic rings. The maximum absolute atomic E-state index is 13.6. The normalized spacial score (nSPS) is 12.2. The number of nitrogens with one attached hydrogen (secondary N) is 1. The zero-order valence-electron chi connectivity index (χ0n) is 11.7. The molecule has 21 heavy (non-hydrogen) atoms. The van der Waals surface area contributed by atoms with Crippen molar-refractivity contribution in [1.82, 2.24) is 10.3 Å². The summed E-state index contributed by atoms with van der Waals surface area (Å²) in [5.41, 5.74) is 0.869. The summed E-state index contributed by atoms with van der Waals surface area (Å²) < 4.78 is 32.7. The molecule has 0 radical (unpaired) electrons. The molecule has 1 heterocycles. The average Bonchev–Trinajstić information content (AvgIpc) is 2.47. The molecule has 0 spiro atoms. The Kier molecular flexibility index (Phi) is 5.25. The first-order valence-electron chi connectivity index (χ1n) is 6.50. The molecule has 1 aromatic carbocycles. The fourth-order valence-electron chi connectivity index (χ4n) is 1.95. The van der Waals surface area contributed by atoms with Crippen LogP contribution in [0.2, 0.25) is 0 Å². The summed E-state index contributed by atoms with van der Waals surface area (Å²) in [5.74, 6) is -1.83. The minimum absolute atomic E-state index is 0.152. The largest absolute Gasteiger partial charge is 0.453 e. The van der Waals surface area contributed by atoms with E-state index in [9.17, 15) is 8.78 Å². The molecule has 1 N–H and O–H groups in total. The molecule has 1 atom stereocenters. The molecule has 3 nitrogen and oxygen atoms in total. The molecule has 0 saturated carbocycles. The van der Waals surface area contributed by atoms with Crippen LogP contribution in [0.25, 0.3) is 0 Å². The molecule has 0 aliphatic carbocycles. The van der Waals surface area contributed by atoms with Crippen molar-refractivity contribution in [2.24, 2.45) is 0 Å². The monoisotopic (exact) mass is 356 g/mol. The molecule has 1 unspecified atom stereocenters. The number of nitrogens with zero attached hydrogens (tertiary/aromatic N) is 1. The molecule has 0 bridgehead atoms. The number of pyridine rings is 1. The van der Waals surface area contributed by atoms with Crippen LogP contribution in [0, 0.1) is 11.6 Å². The first-order chi connectivity index (χ1) is 10.0. The number of rotatable bonds is 5. The van der Waals surface area contributed by atoms with Gasteiger partial charge in [0.1, 0.15) is 5.75 Å². The highest BCUT2D eigenvalue weighted by molar-refractivity contribution is 9.10. The van der Waals surface area contributed by atoms with Crippen molar-refractivity contribution in [1.29, 1.82) is 0 Å². The third-order valence-electron chi connectivity index (χ3n) is 3.06. The lowest BCUT2D eigenvalue weighted by molar-refractivity contribution is 0.413. The van der Waals surface area contributed by atoms with Crippen molar-refractivity contribution in [3.8, 4) is 11.5 Å². The van der Waals surface area contributed by atoms with Crippen LogP contribution < -0.4 is 10.1 Å². The average molecular weight is 357 g/mol. The van der Waals surface area contributed by atoms with Gasteiger partial charge in [0.25, 0.3) is 0 Å². The summed E-state index contributed by atoms with van der Waals surface area (Å²) in [7, 11) is 1.86. The van der Waals surface area contributed by atoms with Crippen LogP contribution in [0.5, 0.6) is 11.5 Å². The van der Waals surface area contributed by atoms with Gasteiger partial charge in [-0.25, -0.2) is 4.39 Å². The van der Waals surface area contributed by atoms with Gasteiger partial charge in [0, 0.05) is 10.5 Å². The minimum Gasteiger partial charge on any atom is -0.453 e. The van der Waals surface area contributed by atoms with E-state index >= 15 is 0 Å². The predicted molar refractivity (Wildman–Crippen MR) is 80.5 cm³/mol. The van der Waals surface area contributed by atoms with Gasteiger partial charge in [-0.2, -0.15) is 4.39 Å². The first-order valence-corrected chi connectivity index (χ1v) is 7.30. The molecule has 0 fully saturated rings. The van der Waals surface area contributed by atoms with Crippen molar-refractivity contribution in [3.63, 3.8) is 0 Å². The summed E-state index contributed by atoms with van der Waals surface area (Å²) in [6.07, 6.45) is 2.39. The molecule has 112 valence electrons. The molecule has 0 saturated heterocycles. The van der Waals surface area contributed by atoms with E-state index in [1.165, 1.54) is 12.3 Å². The number of benzene rings is 1. The van der Waals surface area contributed by atoms with Crippen molar-refractivity contribution < 1.29 is 13.5 Å². The van der Waals surface area contributed by atoms with Gasteiger partial charge in [0.2, 0.25) is 5.82 Å². The van der Waals surface area contributed by atoms with Crippen molar-refractivity contribution in [2.75, 3.05) is 7.05 Å². The van der Waals surface area contributed by atoms with Crippen LogP contribution in [-0.2, 0) is 0 Å². The molecular formula is C15H15BrF2N2O. The van der Waals surface area contributed by atoms with Crippen molar-refractivity contribution in [2.45, 2.75) is 19.4 Å². The van der Waals surface area contributed by atoms with Crippen LogP contribution in [0.4, 0.5) is 8.78 Å². The summed E-state index contributed by atoms with van der Waals surface area (Å²) in [6, 6.07) is 6.04.